The van der Waals surface area contributed by atoms with Gasteiger partial charge in [-0.1, -0.05) is 12.1 Å². The van der Waals surface area contributed by atoms with Crippen molar-refractivity contribution in [3.63, 3.8) is 0 Å². The molecule has 0 bridgehead atoms. The molecule has 0 spiro atoms. The predicted molar refractivity (Wildman–Crippen MR) is 95.5 cm³/mol. The number of nitrogens with zero attached hydrogens (tertiary/aromatic N) is 2. The number of fused-ring (bicyclic) bond motifs is 1. The largest absolute Gasteiger partial charge is 0.336 e. The summed E-state index contributed by atoms with van der Waals surface area (Å²) in [6, 6.07) is 6.35. The Morgan fingerprint density at radius 1 is 1.33 bits per heavy atom. The Morgan fingerprint density at radius 3 is 2.88 bits per heavy atom. The summed E-state index contributed by atoms with van der Waals surface area (Å²) < 4.78 is 2.05. The lowest BCUT2D eigenvalue weighted by molar-refractivity contribution is 0.233. The van der Waals surface area contributed by atoms with Gasteiger partial charge in [-0.3, -0.25) is 0 Å². The van der Waals surface area contributed by atoms with Crippen LogP contribution in [0.1, 0.15) is 55.1 Å². The fraction of sp³-hybridized carbons (Fsp3) is 0.474. The summed E-state index contributed by atoms with van der Waals surface area (Å²) in [7, 11) is 0. The normalized spacial score (nSPS) is 16.8. The van der Waals surface area contributed by atoms with E-state index in [9.17, 15) is 4.79 Å². The van der Waals surface area contributed by atoms with Gasteiger partial charge in [0, 0.05) is 17.3 Å². The molecule has 2 amide bonds. The van der Waals surface area contributed by atoms with Crippen molar-refractivity contribution < 1.29 is 4.79 Å². The summed E-state index contributed by atoms with van der Waals surface area (Å²) in [5, 5.41) is 10.6. The van der Waals surface area contributed by atoms with Crippen LogP contribution in [0.4, 0.5) is 4.79 Å². The Morgan fingerprint density at radius 2 is 2.12 bits per heavy atom. The smallest absolute Gasteiger partial charge is 0.315 e. The quantitative estimate of drug-likeness (QED) is 0.906. The lowest BCUT2D eigenvalue weighted by Crippen LogP contribution is -2.42. The first-order chi connectivity index (χ1) is 11.5. The maximum Gasteiger partial charge on any atom is 0.315 e. The Bertz CT molecular complexity index is 748. The van der Waals surface area contributed by atoms with E-state index in [1.165, 1.54) is 16.8 Å². The number of carbonyl (C=O) groups excluding carboxylic acids is 1. The highest BCUT2D eigenvalue weighted by Crippen LogP contribution is 2.32. The first kappa shape index (κ1) is 16.6. The molecule has 1 atom stereocenters. The van der Waals surface area contributed by atoms with Crippen molar-refractivity contribution in [2.24, 2.45) is 0 Å². The highest BCUT2D eigenvalue weighted by Gasteiger charge is 2.26. The topological polar surface area (TPSA) is 59.0 Å². The van der Waals surface area contributed by atoms with Crippen molar-refractivity contribution in [2.45, 2.75) is 59.0 Å². The molecule has 24 heavy (non-hydrogen) atoms. The predicted octanol–water partition coefficient (Wildman–Crippen LogP) is 3.57. The van der Waals surface area contributed by atoms with Crippen LogP contribution in [0.2, 0.25) is 0 Å². The molecule has 2 N–H and O–H groups in total. The molecule has 1 aliphatic rings. The zero-order chi connectivity index (χ0) is 17.3. The number of carbonyl (C=O) groups is 1. The minimum Gasteiger partial charge on any atom is -0.336 e. The van der Waals surface area contributed by atoms with Gasteiger partial charge in [0.25, 0.3) is 0 Å². The fourth-order valence-electron chi connectivity index (χ4n) is 3.34. The van der Waals surface area contributed by atoms with E-state index in [2.05, 4.69) is 47.8 Å². The minimum atomic E-state index is -0.109. The summed E-state index contributed by atoms with van der Waals surface area (Å²) in [5.74, 6) is 0. The van der Waals surface area contributed by atoms with Crippen LogP contribution in [0.3, 0.4) is 0 Å². The van der Waals surface area contributed by atoms with Gasteiger partial charge in [0.05, 0.1) is 17.9 Å². The van der Waals surface area contributed by atoms with E-state index in [0.29, 0.717) is 0 Å². The molecule has 5 heteroatoms. The molecule has 1 unspecified atom stereocenters. The van der Waals surface area contributed by atoms with E-state index in [1.807, 2.05) is 24.7 Å². The first-order valence-corrected chi connectivity index (χ1v) is 8.67. The van der Waals surface area contributed by atoms with Gasteiger partial charge in [-0.15, -0.1) is 0 Å². The first-order valence-electron chi connectivity index (χ1n) is 8.67. The highest BCUT2D eigenvalue weighted by molar-refractivity contribution is 5.74. The number of nitrogens with one attached hydrogen (secondary N) is 2. The van der Waals surface area contributed by atoms with Crippen LogP contribution < -0.4 is 10.6 Å². The maximum atomic E-state index is 12.1. The zero-order valence-electron chi connectivity index (χ0n) is 14.9. The van der Waals surface area contributed by atoms with Crippen LogP contribution in [0.25, 0.3) is 5.69 Å². The monoisotopic (exact) mass is 326 g/mol. The van der Waals surface area contributed by atoms with E-state index in [4.69, 9.17) is 0 Å². The van der Waals surface area contributed by atoms with Crippen LogP contribution >= 0.6 is 0 Å². The van der Waals surface area contributed by atoms with Crippen molar-refractivity contribution in [1.29, 1.82) is 0 Å². The van der Waals surface area contributed by atoms with Crippen molar-refractivity contribution in [3.8, 4) is 5.69 Å². The Balaban J connectivity index is 1.90. The van der Waals surface area contributed by atoms with Crippen molar-refractivity contribution >= 4 is 6.03 Å². The molecule has 128 valence electrons. The van der Waals surface area contributed by atoms with Crippen molar-refractivity contribution in [3.05, 3.63) is 46.8 Å². The molecule has 0 radical (unpaired) electrons. The van der Waals surface area contributed by atoms with Crippen molar-refractivity contribution in [2.75, 3.05) is 0 Å². The van der Waals surface area contributed by atoms with E-state index in [1.54, 1.807) is 0 Å². The second-order valence-electron chi connectivity index (χ2n) is 6.89. The van der Waals surface area contributed by atoms with Gasteiger partial charge in [0.1, 0.15) is 0 Å². The standard InChI is InChI=1S/C19H26N4O/c1-12(2)21-19(24)22-16-8-6-10-18-15(16)11-20-23(18)17-9-5-7-13(3)14(17)4/h5,7,9,11-12,16H,6,8,10H2,1-4H3,(H2,21,22,24). The molecule has 1 heterocycles. The third kappa shape index (κ3) is 3.16. The number of hydrogen-bond donors (Lipinski definition) is 2. The molecule has 1 aliphatic carbocycles. The third-order valence-corrected chi connectivity index (χ3v) is 4.71. The summed E-state index contributed by atoms with van der Waals surface area (Å²) in [6.45, 7) is 8.18. The molecule has 0 saturated heterocycles. The molecule has 1 aromatic carbocycles. The van der Waals surface area contributed by atoms with E-state index < -0.39 is 0 Å². The SMILES string of the molecule is Cc1cccc(-n2ncc3c2CCCC3NC(=O)NC(C)C)c1C. The van der Waals surface area contributed by atoms with Crippen molar-refractivity contribution in [1.82, 2.24) is 20.4 Å². The summed E-state index contributed by atoms with van der Waals surface area (Å²) in [4.78, 5) is 12.1. The van der Waals surface area contributed by atoms with Gasteiger partial charge in [0.15, 0.2) is 0 Å². The molecular weight excluding hydrogens is 300 g/mol. The number of aromatic nitrogens is 2. The Hall–Kier alpha value is -2.30. The molecule has 2 aromatic rings. The second kappa shape index (κ2) is 6.67. The average molecular weight is 326 g/mol. The number of amides is 2. The van der Waals surface area contributed by atoms with Gasteiger partial charge in [-0.05, 0) is 64.2 Å². The fourth-order valence-corrected chi connectivity index (χ4v) is 3.34. The molecule has 1 aromatic heterocycles. The Kier molecular flexibility index (Phi) is 4.60. The van der Waals surface area contributed by atoms with Gasteiger partial charge >= 0.3 is 6.03 Å². The number of rotatable bonds is 3. The number of urea groups is 1. The Labute approximate surface area is 143 Å². The van der Waals surface area contributed by atoms with Crippen LogP contribution in [-0.2, 0) is 6.42 Å². The van der Waals surface area contributed by atoms with Gasteiger partial charge in [-0.2, -0.15) is 5.10 Å². The number of aryl methyl sites for hydroxylation is 1. The molecule has 5 nitrogen and oxygen atoms in total. The molecule has 0 saturated carbocycles. The second-order valence-corrected chi connectivity index (χ2v) is 6.89. The van der Waals surface area contributed by atoms with E-state index in [0.717, 1.165) is 30.5 Å². The average Bonchev–Trinajstić information content (AvgIpc) is 2.94. The van der Waals surface area contributed by atoms with Gasteiger partial charge in [0.2, 0.25) is 0 Å². The maximum absolute atomic E-state index is 12.1. The van der Waals surface area contributed by atoms with Crippen LogP contribution in [0, 0.1) is 13.8 Å². The third-order valence-electron chi connectivity index (χ3n) is 4.71. The number of benzene rings is 1. The zero-order valence-corrected chi connectivity index (χ0v) is 14.9. The van der Waals surface area contributed by atoms with Gasteiger partial charge < -0.3 is 10.6 Å². The van der Waals surface area contributed by atoms with Crippen LogP contribution in [-0.4, -0.2) is 21.9 Å². The summed E-state index contributed by atoms with van der Waals surface area (Å²) in [6.07, 6.45) is 4.91. The van der Waals surface area contributed by atoms with Gasteiger partial charge in [-0.25, -0.2) is 9.48 Å². The highest BCUT2D eigenvalue weighted by atomic mass is 16.2. The molecular formula is C19H26N4O. The van der Waals surface area contributed by atoms with E-state index in [-0.39, 0.29) is 18.1 Å². The lowest BCUT2D eigenvalue weighted by atomic mass is 9.93. The summed E-state index contributed by atoms with van der Waals surface area (Å²) in [5.41, 5.74) is 5.99. The van der Waals surface area contributed by atoms with Crippen LogP contribution in [0.5, 0.6) is 0 Å². The lowest BCUT2D eigenvalue weighted by Gasteiger charge is -2.25. The molecule has 0 fully saturated rings. The summed E-state index contributed by atoms with van der Waals surface area (Å²) >= 11 is 0. The molecule has 0 aliphatic heterocycles. The number of hydrogen-bond acceptors (Lipinski definition) is 2. The van der Waals surface area contributed by atoms with E-state index >= 15 is 0 Å². The van der Waals surface area contributed by atoms with Crippen LogP contribution in [0.15, 0.2) is 24.4 Å². The molecule has 3 rings (SSSR count). The minimum absolute atomic E-state index is 0.0337.